The fourth-order valence-electron chi connectivity index (χ4n) is 0.578. The van der Waals surface area contributed by atoms with Gasteiger partial charge in [-0.1, -0.05) is 13.8 Å². The maximum atomic E-state index is 12.5. The minimum absolute atomic E-state index is 0.314. The molecule has 0 radical (unpaired) electrons. The van der Waals surface area contributed by atoms with E-state index in [1.54, 1.807) is 13.8 Å². The molecule has 0 aliphatic rings. The van der Waals surface area contributed by atoms with Gasteiger partial charge in [-0.2, -0.15) is 0 Å². The van der Waals surface area contributed by atoms with E-state index in [4.69, 9.17) is 0 Å². The van der Waals surface area contributed by atoms with Gasteiger partial charge >= 0.3 is 0 Å². The van der Waals surface area contributed by atoms with Gasteiger partial charge in [-0.05, 0) is 12.8 Å². The van der Waals surface area contributed by atoms with Gasteiger partial charge in [-0.3, -0.25) is 0 Å². The van der Waals surface area contributed by atoms with Crippen LogP contribution in [-0.4, -0.2) is 12.1 Å². The van der Waals surface area contributed by atoms with Crippen molar-refractivity contribution in [3.05, 3.63) is 0 Å². The van der Waals surface area contributed by atoms with E-state index in [0.717, 1.165) is 6.92 Å². The quantitative estimate of drug-likeness (QED) is 0.586. The fourth-order valence-corrected chi connectivity index (χ4v) is 0.578. The van der Waals surface area contributed by atoms with Crippen LogP contribution in [0.1, 0.15) is 27.2 Å². The number of rotatable bonds is 3. The zero-order valence-corrected chi connectivity index (χ0v) is 6.50. The summed E-state index contributed by atoms with van der Waals surface area (Å²) in [7, 11) is 0. The Kier molecular flexibility index (Phi) is 3.19. The molecule has 0 bridgehead atoms. The molecule has 0 nitrogen and oxygen atoms in total. The van der Waals surface area contributed by atoms with Crippen molar-refractivity contribution in [1.82, 2.24) is 0 Å². The average Bonchev–Trinajstić information content (AvgIpc) is 1.60. The van der Waals surface area contributed by atoms with Crippen LogP contribution in [0.15, 0.2) is 0 Å². The summed E-state index contributed by atoms with van der Waals surface area (Å²) < 4.78 is 36.7. The first kappa shape index (κ1) is 9.79. The van der Waals surface area contributed by atoms with Gasteiger partial charge in [-0.25, -0.2) is 13.2 Å². The summed E-state index contributed by atoms with van der Waals surface area (Å²) in [4.78, 5) is 0. The molecule has 10 heavy (non-hydrogen) atoms. The van der Waals surface area contributed by atoms with E-state index in [2.05, 4.69) is 0 Å². The molecule has 0 spiro atoms. The van der Waals surface area contributed by atoms with Crippen LogP contribution in [0.5, 0.6) is 0 Å². The molecule has 0 fully saturated rings. The second kappa shape index (κ2) is 3.26. The number of hydrogen-bond acceptors (Lipinski definition) is 0. The van der Waals surface area contributed by atoms with Crippen LogP contribution >= 0.6 is 0 Å². The average molecular weight is 154 g/mol. The smallest absolute Gasteiger partial charge is 0.247 e. The highest BCUT2D eigenvalue weighted by Gasteiger charge is 2.28. The van der Waals surface area contributed by atoms with Gasteiger partial charge in [-0.15, -0.1) is 0 Å². The van der Waals surface area contributed by atoms with Gasteiger partial charge in [0.15, 0.2) is 0 Å². The number of alkyl halides is 3. The summed E-state index contributed by atoms with van der Waals surface area (Å²) >= 11 is 0. The standard InChI is InChI=1S/C7H13F3/c1-5(2)6(8)4-7(3,9)10/h5-6H,4H2,1-3H3. The molecule has 0 heterocycles. The van der Waals surface area contributed by atoms with E-state index in [9.17, 15) is 13.2 Å². The van der Waals surface area contributed by atoms with Gasteiger partial charge in [0.2, 0.25) is 5.92 Å². The monoisotopic (exact) mass is 154 g/mol. The SMILES string of the molecule is CC(C)C(F)CC(C)(F)F. The molecule has 0 aromatic rings. The first-order valence-corrected chi connectivity index (χ1v) is 3.35. The zero-order chi connectivity index (χ0) is 8.36. The molecule has 3 heteroatoms. The van der Waals surface area contributed by atoms with E-state index >= 15 is 0 Å². The van der Waals surface area contributed by atoms with Crippen LogP contribution in [0, 0.1) is 5.92 Å². The highest BCUT2D eigenvalue weighted by molar-refractivity contribution is 4.68. The van der Waals surface area contributed by atoms with E-state index in [1.807, 2.05) is 0 Å². The fraction of sp³-hybridized carbons (Fsp3) is 1.00. The largest absolute Gasteiger partial charge is 0.248 e. The van der Waals surface area contributed by atoms with Gasteiger partial charge in [0, 0.05) is 6.42 Å². The van der Waals surface area contributed by atoms with Crippen molar-refractivity contribution in [2.45, 2.75) is 39.3 Å². The zero-order valence-electron chi connectivity index (χ0n) is 6.50. The lowest BCUT2D eigenvalue weighted by molar-refractivity contribution is -0.0171. The van der Waals surface area contributed by atoms with E-state index in [0.29, 0.717) is 0 Å². The van der Waals surface area contributed by atoms with Crippen molar-refractivity contribution in [3.8, 4) is 0 Å². The summed E-state index contributed by atoms with van der Waals surface area (Å²) in [6.45, 7) is 3.93. The molecule has 0 saturated heterocycles. The molecule has 0 N–H and O–H groups in total. The lowest BCUT2D eigenvalue weighted by Gasteiger charge is -2.16. The predicted molar refractivity (Wildman–Crippen MR) is 35.0 cm³/mol. The molecule has 1 unspecified atom stereocenters. The van der Waals surface area contributed by atoms with Crippen LogP contribution in [0.4, 0.5) is 13.2 Å². The third-order valence-electron chi connectivity index (χ3n) is 1.28. The maximum Gasteiger partial charge on any atom is 0.248 e. The first-order valence-electron chi connectivity index (χ1n) is 3.35. The summed E-state index contributed by atoms with van der Waals surface area (Å²) in [5, 5.41) is 0. The van der Waals surface area contributed by atoms with Crippen molar-refractivity contribution in [2.75, 3.05) is 0 Å². The van der Waals surface area contributed by atoms with Crippen molar-refractivity contribution in [3.63, 3.8) is 0 Å². The van der Waals surface area contributed by atoms with Crippen molar-refractivity contribution in [1.29, 1.82) is 0 Å². The third-order valence-corrected chi connectivity index (χ3v) is 1.28. The Hall–Kier alpha value is -0.210. The van der Waals surface area contributed by atoms with Crippen molar-refractivity contribution >= 4 is 0 Å². The molecule has 0 aliphatic carbocycles. The molecular formula is C7H13F3. The van der Waals surface area contributed by atoms with Gasteiger partial charge < -0.3 is 0 Å². The van der Waals surface area contributed by atoms with Crippen LogP contribution < -0.4 is 0 Å². The highest BCUT2D eigenvalue weighted by atomic mass is 19.3. The molecule has 0 aromatic heterocycles. The van der Waals surface area contributed by atoms with E-state index in [-0.39, 0.29) is 5.92 Å². The molecule has 62 valence electrons. The second-order valence-corrected chi connectivity index (χ2v) is 3.03. The first-order chi connectivity index (χ1) is 4.33. The van der Waals surface area contributed by atoms with E-state index in [1.165, 1.54) is 0 Å². The Labute approximate surface area is 59.4 Å². The summed E-state index contributed by atoms with van der Waals surface area (Å²) in [6, 6.07) is 0. The Bertz CT molecular complexity index is 93.5. The maximum absolute atomic E-state index is 12.5. The highest BCUT2D eigenvalue weighted by Crippen LogP contribution is 2.24. The summed E-state index contributed by atoms with van der Waals surface area (Å²) in [5.41, 5.74) is 0. The third kappa shape index (κ3) is 4.65. The Morgan fingerprint density at radius 2 is 1.70 bits per heavy atom. The predicted octanol–water partition coefficient (Wildman–Crippen LogP) is 3.03. The Balaban J connectivity index is 3.68. The Morgan fingerprint density at radius 1 is 1.30 bits per heavy atom. The summed E-state index contributed by atoms with van der Waals surface area (Å²) in [5.74, 6) is -3.19. The lowest BCUT2D eigenvalue weighted by Crippen LogP contribution is -2.21. The molecule has 0 saturated carbocycles. The van der Waals surface area contributed by atoms with Gasteiger partial charge in [0.05, 0.1) is 0 Å². The van der Waals surface area contributed by atoms with Crippen LogP contribution in [0.2, 0.25) is 0 Å². The number of hydrogen-bond donors (Lipinski definition) is 0. The molecule has 0 amide bonds. The topological polar surface area (TPSA) is 0 Å². The normalized spacial score (nSPS) is 15.9. The van der Waals surface area contributed by atoms with Crippen LogP contribution in [0.3, 0.4) is 0 Å². The summed E-state index contributed by atoms with van der Waals surface area (Å²) in [6.07, 6.45) is -2.05. The lowest BCUT2D eigenvalue weighted by atomic mass is 10.0. The molecule has 0 aliphatic heterocycles. The number of halogens is 3. The molecule has 1 atom stereocenters. The van der Waals surface area contributed by atoms with Gasteiger partial charge in [0.1, 0.15) is 6.17 Å². The Morgan fingerprint density at radius 3 is 1.80 bits per heavy atom. The molecular weight excluding hydrogens is 141 g/mol. The molecule has 0 aromatic carbocycles. The van der Waals surface area contributed by atoms with Crippen molar-refractivity contribution < 1.29 is 13.2 Å². The minimum Gasteiger partial charge on any atom is -0.247 e. The van der Waals surface area contributed by atoms with E-state index < -0.39 is 18.5 Å². The second-order valence-electron chi connectivity index (χ2n) is 3.03. The van der Waals surface area contributed by atoms with Crippen molar-refractivity contribution in [2.24, 2.45) is 5.92 Å². The van der Waals surface area contributed by atoms with Crippen LogP contribution in [0.25, 0.3) is 0 Å². The van der Waals surface area contributed by atoms with Crippen LogP contribution in [-0.2, 0) is 0 Å². The molecule has 0 rings (SSSR count). The minimum atomic E-state index is -2.87. The van der Waals surface area contributed by atoms with Gasteiger partial charge in [0.25, 0.3) is 0 Å².